The normalized spacial score (nSPS) is 14.2. The third kappa shape index (κ3) is 5.38. The van der Waals surface area contributed by atoms with E-state index < -0.39 is 4.92 Å². The van der Waals surface area contributed by atoms with Crippen molar-refractivity contribution in [3.63, 3.8) is 0 Å². The van der Waals surface area contributed by atoms with Crippen LogP contribution < -0.4 is 20.7 Å². The van der Waals surface area contributed by atoms with Gasteiger partial charge in [-0.2, -0.15) is 15.0 Å². The van der Waals surface area contributed by atoms with Crippen LogP contribution in [-0.4, -0.2) is 58.1 Å². The molecule has 0 amide bonds. The molecule has 0 atom stereocenters. The number of rotatable bonds is 7. The summed E-state index contributed by atoms with van der Waals surface area (Å²) in [6.45, 7) is 3.08. The SMILES string of the molecule is COc1ccccc1Nc1nc(N)nc(CN2CCN(c3ccc(Cl)cc3[N+](=O)[O-])CC2)n1. The summed E-state index contributed by atoms with van der Waals surface area (Å²) >= 11 is 5.93. The van der Waals surface area contributed by atoms with Crippen LogP contribution in [0.5, 0.6) is 5.75 Å². The van der Waals surface area contributed by atoms with Crippen molar-refractivity contribution < 1.29 is 9.66 Å². The predicted octanol–water partition coefficient (Wildman–Crippen LogP) is 3.09. The fourth-order valence-electron chi connectivity index (χ4n) is 3.69. The summed E-state index contributed by atoms with van der Waals surface area (Å²) in [5.41, 5.74) is 7.20. The number of ether oxygens (including phenoxy) is 1. The number of nitro benzene ring substituents is 1. The van der Waals surface area contributed by atoms with Crippen LogP contribution in [0, 0.1) is 10.1 Å². The third-order valence-corrected chi connectivity index (χ3v) is 5.50. The largest absolute Gasteiger partial charge is 0.495 e. The number of piperazine rings is 1. The molecule has 172 valence electrons. The molecule has 4 rings (SSSR count). The smallest absolute Gasteiger partial charge is 0.294 e. The molecule has 2 aromatic carbocycles. The second-order valence-electron chi connectivity index (χ2n) is 7.41. The second-order valence-corrected chi connectivity index (χ2v) is 7.85. The number of nitrogen functional groups attached to an aromatic ring is 1. The molecule has 11 nitrogen and oxygen atoms in total. The highest BCUT2D eigenvalue weighted by molar-refractivity contribution is 6.30. The van der Waals surface area contributed by atoms with E-state index in [-0.39, 0.29) is 11.6 Å². The zero-order valence-electron chi connectivity index (χ0n) is 17.9. The van der Waals surface area contributed by atoms with Gasteiger partial charge in [0.15, 0.2) is 0 Å². The van der Waals surface area contributed by atoms with Gasteiger partial charge in [-0.1, -0.05) is 23.7 Å². The van der Waals surface area contributed by atoms with Crippen molar-refractivity contribution in [2.45, 2.75) is 6.54 Å². The average Bonchev–Trinajstić information content (AvgIpc) is 2.79. The fraction of sp³-hybridized carbons (Fsp3) is 0.286. The molecule has 1 aliphatic heterocycles. The number of methoxy groups -OCH3 is 1. The van der Waals surface area contributed by atoms with Gasteiger partial charge in [-0.15, -0.1) is 0 Å². The molecule has 0 radical (unpaired) electrons. The van der Waals surface area contributed by atoms with E-state index in [9.17, 15) is 10.1 Å². The van der Waals surface area contributed by atoms with Crippen LogP contribution >= 0.6 is 11.6 Å². The van der Waals surface area contributed by atoms with Gasteiger partial charge in [0.25, 0.3) is 5.69 Å². The Hall–Kier alpha value is -3.70. The summed E-state index contributed by atoms with van der Waals surface area (Å²) in [4.78, 5) is 28.1. The summed E-state index contributed by atoms with van der Waals surface area (Å²) in [5.74, 6) is 1.64. The molecule has 0 unspecified atom stereocenters. The molecule has 3 aromatic rings. The Bertz CT molecular complexity index is 1150. The van der Waals surface area contributed by atoms with Crippen molar-refractivity contribution >= 4 is 40.6 Å². The Morgan fingerprint density at radius 1 is 1.15 bits per heavy atom. The first-order chi connectivity index (χ1) is 15.9. The second kappa shape index (κ2) is 9.84. The fourth-order valence-corrected chi connectivity index (χ4v) is 3.86. The van der Waals surface area contributed by atoms with Gasteiger partial charge in [0.1, 0.15) is 17.3 Å². The summed E-state index contributed by atoms with van der Waals surface area (Å²) in [6, 6.07) is 12.2. The monoisotopic (exact) mass is 470 g/mol. The van der Waals surface area contributed by atoms with Gasteiger partial charge >= 0.3 is 0 Å². The van der Waals surface area contributed by atoms with E-state index in [4.69, 9.17) is 22.1 Å². The van der Waals surface area contributed by atoms with Crippen molar-refractivity contribution in [2.75, 3.05) is 49.2 Å². The molecule has 1 saturated heterocycles. The summed E-state index contributed by atoms with van der Waals surface area (Å²) < 4.78 is 5.35. The van der Waals surface area contributed by atoms with E-state index in [1.807, 2.05) is 29.2 Å². The number of halogens is 1. The van der Waals surface area contributed by atoms with Crippen LogP contribution in [-0.2, 0) is 6.54 Å². The maximum Gasteiger partial charge on any atom is 0.294 e. The zero-order valence-corrected chi connectivity index (χ0v) is 18.7. The van der Waals surface area contributed by atoms with Crippen LogP contribution in [0.4, 0.5) is 29.0 Å². The number of nitrogens with one attached hydrogen (secondary N) is 1. The number of anilines is 4. The Balaban J connectivity index is 1.42. The maximum atomic E-state index is 11.4. The maximum absolute atomic E-state index is 11.4. The van der Waals surface area contributed by atoms with Gasteiger partial charge in [-0.3, -0.25) is 15.0 Å². The minimum Gasteiger partial charge on any atom is -0.495 e. The first kappa shape index (κ1) is 22.5. The van der Waals surface area contributed by atoms with Crippen molar-refractivity contribution in [1.29, 1.82) is 0 Å². The Morgan fingerprint density at radius 2 is 1.91 bits per heavy atom. The molecule has 12 heteroatoms. The lowest BCUT2D eigenvalue weighted by molar-refractivity contribution is -0.384. The molecule has 1 aromatic heterocycles. The van der Waals surface area contributed by atoms with E-state index in [2.05, 4.69) is 25.2 Å². The Kier molecular flexibility index (Phi) is 6.71. The molecule has 0 aliphatic carbocycles. The lowest BCUT2D eigenvalue weighted by atomic mass is 10.2. The van der Waals surface area contributed by atoms with E-state index in [1.54, 1.807) is 19.2 Å². The van der Waals surface area contributed by atoms with Crippen LogP contribution in [0.15, 0.2) is 42.5 Å². The predicted molar refractivity (Wildman–Crippen MR) is 126 cm³/mol. The van der Waals surface area contributed by atoms with E-state index in [0.29, 0.717) is 61.0 Å². The topological polar surface area (TPSA) is 136 Å². The van der Waals surface area contributed by atoms with Crippen molar-refractivity contribution in [2.24, 2.45) is 0 Å². The minimum atomic E-state index is -0.405. The molecule has 1 fully saturated rings. The molecule has 0 spiro atoms. The first-order valence-electron chi connectivity index (χ1n) is 10.2. The molecule has 1 aliphatic rings. The third-order valence-electron chi connectivity index (χ3n) is 5.26. The highest BCUT2D eigenvalue weighted by atomic mass is 35.5. The number of aromatic nitrogens is 3. The van der Waals surface area contributed by atoms with Gasteiger partial charge in [0.2, 0.25) is 11.9 Å². The number of hydrogen-bond donors (Lipinski definition) is 2. The van der Waals surface area contributed by atoms with Gasteiger partial charge in [0, 0.05) is 37.3 Å². The number of para-hydroxylation sites is 2. The highest BCUT2D eigenvalue weighted by Gasteiger charge is 2.24. The molecule has 0 bridgehead atoms. The van der Waals surface area contributed by atoms with Crippen LogP contribution in [0.3, 0.4) is 0 Å². The van der Waals surface area contributed by atoms with Gasteiger partial charge < -0.3 is 20.7 Å². The van der Waals surface area contributed by atoms with E-state index >= 15 is 0 Å². The highest BCUT2D eigenvalue weighted by Crippen LogP contribution is 2.32. The Labute approximate surface area is 195 Å². The van der Waals surface area contributed by atoms with Crippen molar-refractivity contribution in [3.05, 3.63) is 63.4 Å². The number of nitrogens with zero attached hydrogens (tertiary/aromatic N) is 6. The Morgan fingerprint density at radius 3 is 2.64 bits per heavy atom. The lowest BCUT2D eigenvalue weighted by Gasteiger charge is -2.35. The lowest BCUT2D eigenvalue weighted by Crippen LogP contribution is -2.46. The molecule has 2 heterocycles. The summed E-state index contributed by atoms with van der Waals surface area (Å²) in [6.07, 6.45) is 0. The van der Waals surface area contributed by atoms with Crippen molar-refractivity contribution in [3.8, 4) is 5.75 Å². The first-order valence-corrected chi connectivity index (χ1v) is 10.6. The zero-order chi connectivity index (χ0) is 23.4. The average molecular weight is 471 g/mol. The number of hydrogen-bond acceptors (Lipinski definition) is 10. The van der Waals surface area contributed by atoms with Crippen LogP contribution in [0.25, 0.3) is 0 Å². The van der Waals surface area contributed by atoms with Gasteiger partial charge in [-0.25, -0.2) is 0 Å². The molecular formula is C21H23ClN8O3. The molecule has 0 saturated carbocycles. The molecular weight excluding hydrogens is 448 g/mol. The quantitative estimate of drug-likeness (QED) is 0.391. The molecule has 3 N–H and O–H groups in total. The van der Waals surface area contributed by atoms with E-state index in [0.717, 1.165) is 5.69 Å². The minimum absolute atomic E-state index is 0.00764. The summed E-state index contributed by atoms with van der Waals surface area (Å²) in [7, 11) is 1.59. The number of nitro groups is 1. The van der Waals surface area contributed by atoms with Gasteiger partial charge in [0.05, 0.1) is 24.3 Å². The standard InChI is InChI=1S/C21H23ClN8O3/c1-33-18-5-3-2-4-15(18)24-21-26-19(25-20(23)27-21)13-28-8-10-29(11-9-28)16-7-6-14(22)12-17(16)30(31)32/h2-7,12H,8-11,13H2,1H3,(H3,23,24,25,26,27). The van der Waals surface area contributed by atoms with Gasteiger partial charge in [-0.05, 0) is 24.3 Å². The summed E-state index contributed by atoms with van der Waals surface area (Å²) in [5, 5.41) is 14.9. The number of nitrogens with two attached hydrogens (primary N) is 1. The number of benzene rings is 2. The molecule has 33 heavy (non-hydrogen) atoms. The van der Waals surface area contributed by atoms with E-state index in [1.165, 1.54) is 6.07 Å². The van der Waals surface area contributed by atoms with Crippen LogP contribution in [0.1, 0.15) is 5.82 Å². The van der Waals surface area contributed by atoms with Crippen LogP contribution in [0.2, 0.25) is 5.02 Å². The van der Waals surface area contributed by atoms with Crippen molar-refractivity contribution in [1.82, 2.24) is 19.9 Å².